The predicted octanol–water partition coefficient (Wildman–Crippen LogP) is 1.70. The van der Waals surface area contributed by atoms with Crippen LogP contribution in [-0.4, -0.2) is 54.8 Å². The minimum Gasteiger partial charge on any atom is -0.497 e. The Hall–Kier alpha value is -2.60. The van der Waals surface area contributed by atoms with E-state index < -0.39 is 12.0 Å². The molecule has 2 aromatic carbocycles. The SMILES string of the molecule is COc1ccc2cccc(CC(=O)N3CCOCC3C(=O)O)c2c1. The molecule has 6 nitrogen and oxygen atoms in total. The van der Waals surface area contributed by atoms with E-state index in [1.54, 1.807) is 7.11 Å². The van der Waals surface area contributed by atoms with Crippen LogP contribution in [0.4, 0.5) is 0 Å². The lowest BCUT2D eigenvalue weighted by Crippen LogP contribution is -2.53. The molecular formula is C18H19NO5. The second-order valence-electron chi connectivity index (χ2n) is 5.70. The number of morpholine rings is 1. The predicted molar refractivity (Wildman–Crippen MR) is 88.2 cm³/mol. The summed E-state index contributed by atoms with van der Waals surface area (Å²) in [6.07, 6.45) is 0.147. The number of rotatable bonds is 4. The molecule has 0 bridgehead atoms. The average molecular weight is 329 g/mol. The van der Waals surface area contributed by atoms with Crippen LogP contribution in [0.1, 0.15) is 5.56 Å². The van der Waals surface area contributed by atoms with Gasteiger partial charge in [0.1, 0.15) is 5.75 Å². The van der Waals surface area contributed by atoms with Crippen molar-refractivity contribution in [3.8, 4) is 5.75 Å². The molecule has 2 aromatic rings. The van der Waals surface area contributed by atoms with Crippen LogP contribution < -0.4 is 4.74 Å². The zero-order valence-electron chi connectivity index (χ0n) is 13.4. The van der Waals surface area contributed by atoms with Gasteiger partial charge in [-0.25, -0.2) is 4.79 Å². The van der Waals surface area contributed by atoms with Crippen LogP contribution in [0, 0.1) is 0 Å². The maximum absolute atomic E-state index is 12.7. The van der Waals surface area contributed by atoms with Crippen molar-refractivity contribution in [3.63, 3.8) is 0 Å². The van der Waals surface area contributed by atoms with Crippen LogP contribution in [0.15, 0.2) is 36.4 Å². The summed E-state index contributed by atoms with van der Waals surface area (Å²) in [5.74, 6) is -0.527. The molecule has 1 fully saturated rings. The average Bonchev–Trinajstić information content (AvgIpc) is 2.61. The molecule has 1 amide bonds. The molecule has 1 unspecified atom stereocenters. The Labute approximate surface area is 139 Å². The maximum atomic E-state index is 12.7. The van der Waals surface area contributed by atoms with Crippen molar-refractivity contribution in [2.45, 2.75) is 12.5 Å². The molecule has 1 aliphatic heterocycles. The Bertz CT molecular complexity index is 773. The fraction of sp³-hybridized carbons (Fsp3) is 0.333. The van der Waals surface area contributed by atoms with Gasteiger partial charge in [-0.2, -0.15) is 0 Å². The van der Waals surface area contributed by atoms with Gasteiger partial charge >= 0.3 is 5.97 Å². The van der Waals surface area contributed by atoms with Gasteiger partial charge in [0.05, 0.1) is 26.7 Å². The summed E-state index contributed by atoms with van der Waals surface area (Å²) >= 11 is 0. The van der Waals surface area contributed by atoms with Gasteiger partial charge in [-0.3, -0.25) is 4.79 Å². The Balaban J connectivity index is 1.88. The Morgan fingerprint density at radius 2 is 2.17 bits per heavy atom. The van der Waals surface area contributed by atoms with Crippen molar-refractivity contribution < 1.29 is 24.2 Å². The Morgan fingerprint density at radius 1 is 1.33 bits per heavy atom. The zero-order chi connectivity index (χ0) is 17.1. The summed E-state index contributed by atoms with van der Waals surface area (Å²) in [6, 6.07) is 10.5. The van der Waals surface area contributed by atoms with Crippen LogP contribution in [0.2, 0.25) is 0 Å². The Kier molecular flexibility index (Phi) is 4.66. The lowest BCUT2D eigenvalue weighted by molar-refractivity contribution is -0.157. The number of hydrogen-bond donors (Lipinski definition) is 1. The van der Waals surface area contributed by atoms with Crippen molar-refractivity contribution in [1.82, 2.24) is 4.90 Å². The largest absolute Gasteiger partial charge is 0.497 e. The molecule has 24 heavy (non-hydrogen) atoms. The monoisotopic (exact) mass is 329 g/mol. The number of carbonyl (C=O) groups excluding carboxylic acids is 1. The molecule has 1 heterocycles. The molecule has 0 radical (unpaired) electrons. The molecular weight excluding hydrogens is 310 g/mol. The minimum atomic E-state index is -1.04. The summed E-state index contributed by atoms with van der Waals surface area (Å²) in [6.45, 7) is 0.688. The fourth-order valence-corrected chi connectivity index (χ4v) is 2.97. The van der Waals surface area contributed by atoms with Gasteiger partial charge in [0.15, 0.2) is 6.04 Å². The normalized spacial score (nSPS) is 17.7. The third kappa shape index (κ3) is 3.19. The standard InChI is InChI=1S/C18H19NO5/c1-23-14-6-5-12-3-2-4-13(15(12)10-14)9-17(20)19-7-8-24-11-16(19)18(21)22/h2-6,10,16H,7-9,11H2,1H3,(H,21,22). The first kappa shape index (κ1) is 16.3. The van der Waals surface area contributed by atoms with E-state index in [9.17, 15) is 14.7 Å². The highest BCUT2D eigenvalue weighted by Gasteiger charge is 2.32. The summed E-state index contributed by atoms with van der Waals surface area (Å²) < 4.78 is 10.4. The first-order valence-electron chi connectivity index (χ1n) is 7.76. The first-order chi connectivity index (χ1) is 11.6. The van der Waals surface area contributed by atoms with E-state index >= 15 is 0 Å². The third-order valence-electron chi connectivity index (χ3n) is 4.26. The summed E-state index contributed by atoms with van der Waals surface area (Å²) in [7, 11) is 1.60. The van der Waals surface area contributed by atoms with Crippen molar-refractivity contribution in [2.24, 2.45) is 0 Å². The van der Waals surface area contributed by atoms with E-state index in [0.717, 1.165) is 22.1 Å². The maximum Gasteiger partial charge on any atom is 0.328 e. The fourth-order valence-electron chi connectivity index (χ4n) is 2.97. The Morgan fingerprint density at radius 3 is 2.92 bits per heavy atom. The highest BCUT2D eigenvalue weighted by molar-refractivity contribution is 5.92. The zero-order valence-corrected chi connectivity index (χ0v) is 13.4. The molecule has 0 aliphatic carbocycles. The third-order valence-corrected chi connectivity index (χ3v) is 4.26. The molecule has 126 valence electrons. The van der Waals surface area contributed by atoms with E-state index in [2.05, 4.69) is 0 Å². The molecule has 1 N–H and O–H groups in total. The molecule has 0 saturated carbocycles. The van der Waals surface area contributed by atoms with Crippen LogP contribution in [0.5, 0.6) is 5.75 Å². The van der Waals surface area contributed by atoms with E-state index in [-0.39, 0.29) is 18.9 Å². The number of benzene rings is 2. The van der Waals surface area contributed by atoms with Crippen LogP contribution in [0.3, 0.4) is 0 Å². The summed E-state index contributed by atoms with van der Waals surface area (Å²) in [5, 5.41) is 11.2. The van der Waals surface area contributed by atoms with Crippen molar-refractivity contribution in [1.29, 1.82) is 0 Å². The van der Waals surface area contributed by atoms with Crippen molar-refractivity contribution in [2.75, 3.05) is 26.9 Å². The summed E-state index contributed by atoms with van der Waals surface area (Å²) in [5.41, 5.74) is 0.854. The lowest BCUT2D eigenvalue weighted by atomic mass is 10.0. The highest BCUT2D eigenvalue weighted by Crippen LogP contribution is 2.25. The molecule has 0 aromatic heterocycles. The molecule has 0 spiro atoms. The second kappa shape index (κ2) is 6.88. The molecule has 6 heteroatoms. The molecule has 3 rings (SSSR count). The molecule has 1 atom stereocenters. The number of fused-ring (bicyclic) bond motifs is 1. The van der Waals surface area contributed by atoms with E-state index in [0.29, 0.717) is 13.2 Å². The van der Waals surface area contributed by atoms with Crippen LogP contribution in [-0.2, 0) is 20.7 Å². The van der Waals surface area contributed by atoms with Gasteiger partial charge in [0.2, 0.25) is 5.91 Å². The number of methoxy groups -OCH3 is 1. The van der Waals surface area contributed by atoms with Crippen molar-refractivity contribution >= 4 is 22.6 Å². The number of aliphatic carboxylic acids is 1. The minimum absolute atomic E-state index is 0.0322. The highest BCUT2D eigenvalue weighted by atomic mass is 16.5. The van der Waals surface area contributed by atoms with E-state index in [1.165, 1.54) is 4.90 Å². The molecule has 1 aliphatic rings. The van der Waals surface area contributed by atoms with Crippen LogP contribution in [0.25, 0.3) is 10.8 Å². The number of carbonyl (C=O) groups is 2. The topological polar surface area (TPSA) is 76.1 Å². The number of amides is 1. The van der Waals surface area contributed by atoms with E-state index in [4.69, 9.17) is 9.47 Å². The number of carboxylic acid groups (broad SMARTS) is 1. The number of hydrogen-bond acceptors (Lipinski definition) is 4. The van der Waals surface area contributed by atoms with Crippen LogP contribution >= 0.6 is 0 Å². The first-order valence-corrected chi connectivity index (χ1v) is 7.76. The van der Waals surface area contributed by atoms with Gasteiger partial charge < -0.3 is 19.5 Å². The number of ether oxygens (including phenoxy) is 2. The van der Waals surface area contributed by atoms with Gasteiger partial charge in [0.25, 0.3) is 0 Å². The van der Waals surface area contributed by atoms with Gasteiger partial charge in [0, 0.05) is 6.54 Å². The number of nitrogens with zero attached hydrogens (tertiary/aromatic N) is 1. The molecule has 1 saturated heterocycles. The van der Waals surface area contributed by atoms with E-state index in [1.807, 2.05) is 36.4 Å². The second-order valence-corrected chi connectivity index (χ2v) is 5.70. The lowest BCUT2D eigenvalue weighted by Gasteiger charge is -2.33. The van der Waals surface area contributed by atoms with Gasteiger partial charge in [-0.15, -0.1) is 0 Å². The van der Waals surface area contributed by atoms with Crippen molar-refractivity contribution in [3.05, 3.63) is 42.0 Å². The quantitative estimate of drug-likeness (QED) is 0.924. The smallest absolute Gasteiger partial charge is 0.328 e. The number of carboxylic acids is 1. The van der Waals surface area contributed by atoms with Gasteiger partial charge in [-0.05, 0) is 28.5 Å². The summed E-state index contributed by atoms with van der Waals surface area (Å²) in [4.78, 5) is 25.4. The van der Waals surface area contributed by atoms with Gasteiger partial charge in [-0.1, -0.05) is 24.3 Å².